The minimum Gasteiger partial charge on any atom is -0.361 e. The van der Waals surface area contributed by atoms with Crippen LogP contribution in [0.2, 0.25) is 0 Å². The first-order valence-corrected chi connectivity index (χ1v) is 6.72. The van der Waals surface area contributed by atoms with Gasteiger partial charge in [0.2, 0.25) is 0 Å². The van der Waals surface area contributed by atoms with Gasteiger partial charge in [-0.25, -0.2) is 4.39 Å². The van der Waals surface area contributed by atoms with E-state index in [1.165, 1.54) is 11.6 Å². The molecule has 0 aliphatic heterocycles. The van der Waals surface area contributed by atoms with Crippen LogP contribution in [0.1, 0.15) is 25.8 Å². The average molecular weight is 248 g/mol. The summed E-state index contributed by atoms with van der Waals surface area (Å²) in [6.45, 7) is 7.67. The number of nitrogens with one attached hydrogen (secondary N) is 1. The van der Waals surface area contributed by atoms with Crippen LogP contribution in [0, 0.1) is 5.82 Å². The second-order valence-electron chi connectivity index (χ2n) is 4.63. The van der Waals surface area contributed by atoms with Crippen molar-refractivity contribution in [3.05, 3.63) is 35.8 Å². The Bertz CT molecular complexity index is 500. The molecule has 0 radical (unpaired) electrons. The Morgan fingerprint density at radius 1 is 1.22 bits per heavy atom. The number of nitrogens with zero attached hydrogens (tertiary/aromatic N) is 1. The lowest BCUT2D eigenvalue weighted by molar-refractivity contribution is 0.300. The molecule has 2 aromatic rings. The smallest absolute Gasteiger partial charge is 0.123 e. The molecule has 1 aromatic heterocycles. The van der Waals surface area contributed by atoms with E-state index in [0.29, 0.717) is 0 Å². The minimum absolute atomic E-state index is 0.160. The third-order valence-electron chi connectivity index (χ3n) is 3.54. The quantitative estimate of drug-likeness (QED) is 0.828. The predicted octanol–water partition coefficient (Wildman–Crippen LogP) is 3.58. The Hall–Kier alpha value is -1.35. The summed E-state index contributed by atoms with van der Waals surface area (Å²) >= 11 is 0. The number of aryl methyl sites for hydroxylation is 1. The van der Waals surface area contributed by atoms with E-state index in [2.05, 4.69) is 23.7 Å². The maximum atomic E-state index is 13.2. The van der Waals surface area contributed by atoms with Crippen LogP contribution < -0.4 is 0 Å². The molecule has 0 spiro atoms. The van der Waals surface area contributed by atoms with Crippen LogP contribution in [0.3, 0.4) is 0 Å². The molecule has 0 bridgehead atoms. The lowest BCUT2D eigenvalue weighted by Crippen LogP contribution is -2.24. The van der Waals surface area contributed by atoms with Crippen molar-refractivity contribution >= 4 is 10.9 Å². The van der Waals surface area contributed by atoms with Crippen molar-refractivity contribution in [1.29, 1.82) is 0 Å². The zero-order chi connectivity index (χ0) is 13.0. The Morgan fingerprint density at radius 3 is 2.72 bits per heavy atom. The molecule has 0 aliphatic carbocycles. The number of hydrogen-bond acceptors (Lipinski definition) is 1. The molecule has 2 nitrogen and oxygen atoms in total. The van der Waals surface area contributed by atoms with Crippen LogP contribution in [0.15, 0.2) is 24.4 Å². The molecule has 0 unspecified atom stereocenters. The van der Waals surface area contributed by atoms with Gasteiger partial charge in [0, 0.05) is 17.1 Å². The molecular formula is C15H21FN2. The summed E-state index contributed by atoms with van der Waals surface area (Å²) in [5, 5.41) is 1.02. The van der Waals surface area contributed by atoms with Crippen molar-refractivity contribution in [2.45, 2.75) is 26.7 Å². The fraction of sp³-hybridized carbons (Fsp3) is 0.467. The van der Waals surface area contributed by atoms with Crippen molar-refractivity contribution in [2.75, 3.05) is 19.6 Å². The molecule has 2 rings (SSSR count). The summed E-state index contributed by atoms with van der Waals surface area (Å²) < 4.78 is 13.2. The number of aromatic amines is 1. The number of hydrogen-bond donors (Lipinski definition) is 1. The van der Waals surface area contributed by atoms with Crippen LogP contribution in [0.4, 0.5) is 4.39 Å². The van der Waals surface area contributed by atoms with Crippen molar-refractivity contribution in [1.82, 2.24) is 9.88 Å². The van der Waals surface area contributed by atoms with Gasteiger partial charge in [-0.1, -0.05) is 13.8 Å². The molecule has 0 atom stereocenters. The number of fused-ring (bicyclic) bond motifs is 1. The first-order valence-electron chi connectivity index (χ1n) is 6.72. The standard InChI is InChI=1S/C15H21FN2/c1-3-18(4-2)9-5-6-12-11-17-15-8-7-13(16)10-14(12)15/h7-8,10-11,17H,3-6,9H2,1-2H3. The van der Waals surface area contributed by atoms with Gasteiger partial charge in [-0.15, -0.1) is 0 Å². The Balaban J connectivity index is 2.01. The predicted molar refractivity (Wildman–Crippen MR) is 74.4 cm³/mol. The third kappa shape index (κ3) is 2.91. The van der Waals surface area contributed by atoms with Crippen LogP contribution in [-0.2, 0) is 6.42 Å². The Morgan fingerprint density at radius 2 is 2.00 bits per heavy atom. The second-order valence-corrected chi connectivity index (χ2v) is 4.63. The van der Waals surface area contributed by atoms with Crippen LogP contribution in [0.25, 0.3) is 10.9 Å². The number of benzene rings is 1. The van der Waals surface area contributed by atoms with E-state index in [1.54, 1.807) is 12.1 Å². The maximum Gasteiger partial charge on any atom is 0.123 e. The summed E-state index contributed by atoms with van der Waals surface area (Å²) in [6.07, 6.45) is 4.12. The molecular weight excluding hydrogens is 227 g/mol. The molecule has 3 heteroatoms. The zero-order valence-electron chi connectivity index (χ0n) is 11.2. The lowest BCUT2D eigenvalue weighted by atomic mass is 10.1. The van der Waals surface area contributed by atoms with Crippen molar-refractivity contribution in [2.24, 2.45) is 0 Å². The summed E-state index contributed by atoms with van der Waals surface area (Å²) in [4.78, 5) is 5.61. The first kappa shape index (κ1) is 13.1. The normalized spacial score (nSPS) is 11.6. The van der Waals surface area contributed by atoms with Gasteiger partial charge in [0.15, 0.2) is 0 Å². The molecule has 98 valence electrons. The van der Waals surface area contributed by atoms with Crippen molar-refractivity contribution in [3.63, 3.8) is 0 Å². The highest BCUT2D eigenvalue weighted by atomic mass is 19.1. The lowest BCUT2D eigenvalue weighted by Gasteiger charge is -2.17. The second kappa shape index (κ2) is 6.01. The molecule has 1 aromatic carbocycles. The molecule has 18 heavy (non-hydrogen) atoms. The SMILES string of the molecule is CCN(CC)CCCc1c[nH]c2ccc(F)cc12. The Kier molecular flexibility index (Phi) is 4.37. The minimum atomic E-state index is -0.160. The number of halogens is 1. The molecule has 0 aliphatic rings. The van der Waals surface area contributed by atoms with Crippen molar-refractivity contribution < 1.29 is 4.39 Å². The van der Waals surface area contributed by atoms with Crippen LogP contribution in [-0.4, -0.2) is 29.5 Å². The van der Waals surface area contributed by atoms with Crippen LogP contribution in [0.5, 0.6) is 0 Å². The molecule has 0 amide bonds. The highest BCUT2D eigenvalue weighted by Crippen LogP contribution is 2.20. The van der Waals surface area contributed by atoms with Crippen LogP contribution >= 0.6 is 0 Å². The largest absolute Gasteiger partial charge is 0.361 e. The zero-order valence-corrected chi connectivity index (χ0v) is 11.2. The summed E-state index contributed by atoms with van der Waals surface area (Å²) in [6, 6.07) is 4.93. The number of rotatable bonds is 6. The molecule has 1 heterocycles. The van der Waals surface area contributed by atoms with E-state index in [1.807, 2.05) is 6.20 Å². The van der Waals surface area contributed by atoms with Gasteiger partial charge in [-0.3, -0.25) is 0 Å². The van der Waals surface area contributed by atoms with Gasteiger partial charge >= 0.3 is 0 Å². The first-order chi connectivity index (χ1) is 8.74. The topological polar surface area (TPSA) is 19.0 Å². The van der Waals surface area contributed by atoms with Gasteiger partial charge in [0.05, 0.1) is 0 Å². The molecule has 0 saturated carbocycles. The van der Waals surface area contributed by atoms with Crippen molar-refractivity contribution in [3.8, 4) is 0 Å². The van der Waals surface area contributed by atoms with E-state index in [4.69, 9.17) is 0 Å². The van der Waals surface area contributed by atoms with E-state index < -0.39 is 0 Å². The Labute approximate surface area is 108 Å². The average Bonchev–Trinajstić information content (AvgIpc) is 2.77. The monoisotopic (exact) mass is 248 g/mol. The summed E-state index contributed by atoms with van der Waals surface area (Å²) in [5.41, 5.74) is 2.24. The van der Waals surface area contributed by atoms with Gasteiger partial charge in [0.1, 0.15) is 5.82 Å². The highest BCUT2D eigenvalue weighted by Gasteiger charge is 2.05. The molecule has 1 N–H and O–H groups in total. The number of aromatic nitrogens is 1. The van der Waals surface area contributed by atoms with Gasteiger partial charge < -0.3 is 9.88 Å². The fourth-order valence-electron chi connectivity index (χ4n) is 2.39. The molecule has 0 saturated heterocycles. The van der Waals surface area contributed by atoms with E-state index in [-0.39, 0.29) is 5.82 Å². The van der Waals surface area contributed by atoms with E-state index in [9.17, 15) is 4.39 Å². The maximum absolute atomic E-state index is 13.2. The number of H-pyrrole nitrogens is 1. The van der Waals surface area contributed by atoms with E-state index in [0.717, 1.165) is 43.4 Å². The van der Waals surface area contributed by atoms with Gasteiger partial charge in [-0.05, 0) is 56.2 Å². The molecule has 0 fully saturated rings. The van der Waals surface area contributed by atoms with E-state index >= 15 is 0 Å². The highest BCUT2D eigenvalue weighted by molar-refractivity contribution is 5.83. The summed E-state index contributed by atoms with van der Waals surface area (Å²) in [7, 11) is 0. The summed E-state index contributed by atoms with van der Waals surface area (Å²) in [5.74, 6) is -0.160. The third-order valence-corrected chi connectivity index (χ3v) is 3.54. The fourth-order valence-corrected chi connectivity index (χ4v) is 2.39. The van der Waals surface area contributed by atoms with Gasteiger partial charge in [-0.2, -0.15) is 0 Å². The van der Waals surface area contributed by atoms with Gasteiger partial charge in [0.25, 0.3) is 0 Å².